The average molecular weight is 222 g/mol. The quantitative estimate of drug-likeness (QED) is 0.701. The van der Waals surface area contributed by atoms with Gasteiger partial charge in [-0.05, 0) is 49.6 Å². The van der Waals surface area contributed by atoms with Crippen molar-refractivity contribution in [2.75, 3.05) is 0 Å². The van der Waals surface area contributed by atoms with Crippen LogP contribution in [-0.2, 0) is 0 Å². The number of hydrogen-bond acceptors (Lipinski definition) is 1. The first-order valence-corrected chi connectivity index (χ1v) is 6.08. The molecule has 0 atom stereocenters. The van der Waals surface area contributed by atoms with Crippen LogP contribution in [0.25, 0.3) is 6.08 Å². The van der Waals surface area contributed by atoms with Gasteiger partial charge in [-0.25, -0.2) is 0 Å². The van der Waals surface area contributed by atoms with Crippen LogP contribution >= 0.6 is 0 Å². The first-order valence-electron chi connectivity index (χ1n) is 6.08. The maximum absolute atomic E-state index is 9.37. The summed E-state index contributed by atoms with van der Waals surface area (Å²) < 4.78 is 0. The van der Waals surface area contributed by atoms with Crippen LogP contribution in [0.3, 0.4) is 0 Å². The highest BCUT2D eigenvalue weighted by Gasteiger charge is 1.99. The first kappa shape index (κ1) is 17.2. The molecule has 0 saturated carbocycles. The third kappa shape index (κ3) is 5.59. The largest absolute Gasteiger partial charge is 0.508 e. The number of aromatic hydroxyl groups is 1. The first-order chi connectivity index (χ1) is 7.65. The van der Waals surface area contributed by atoms with Gasteiger partial charge in [0.15, 0.2) is 0 Å². The number of hydrogen-bond donors (Lipinski definition) is 1. The van der Waals surface area contributed by atoms with E-state index in [9.17, 15) is 5.11 Å². The minimum absolute atomic E-state index is 0.376. The Balaban J connectivity index is 0. The number of benzene rings is 1. The van der Waals surface area contributed by atoms with Gasteiger partial charge in [-0.15, -0.1) is 0 Å². The molecule has 0 aliphatic rings. The van der Waals surface area contributed by atoms with Crippen molar-refractivity contribution in [3.8, 4) is 5.75 Å². The summed E-state index contributed by atoms with van der Waals surface area (Å²) in [6, 6.07) is 3.79. The molecule has 0 aromatic heterocycles. The van der Waals surface area contributed by atoms with Gasteiger partial charge < -0.3 is 5.11 Å². The predicted molar refractivity (Wildman–Crippen MR) is 75.0 cm³/mol. The van der Waals surface area contributed by atoms with E-state index < -0.39 is 0 Å². The number of phenols is 1. The SMILES string of the molecule is C/C=C\c1cc(C)c(O)cc1C.CC.CC. The fourth-order valence-electron chi connectivity index (χ4n) is 1.18. The van der Waals surface area contributed by atoms with E-state index in [1.165, 1.54) is 5.56 Å². The maximum Gasteiger partial charge on any atom is 0.118 e. The Hall–Kier alpha value is -1.24. The third-order valence-electron chi connectivity index (χ3n) is 1.93. The van der Waals surface area contributed by atoms with E-state index in [0.717, 1.165) is 11.1 Å². The smallest absolute Gasteiger partial charge is 0.118 e. The Morgan fingerprint density at radius 2 is 1.44 bits per heavy atom. The van der Waals surface area contributed by atoms with Crippen molar-refractivity contribution in [1.82, 2.24) is 0 Å². The monoisotopic (exact) mass is 222 g/mol. The Bertz CT molecular complexity index is 311. The highest BCUT2D eigenvalue weighted by atomic mass is 16.3. The molecular formula is C15H26O. The van der Waals surface area contributed by atoms with Crippen molar-refractivity contribution in [2.24, 2.45) is 0 Å². The minimum Gasteiger partial charge on any atom is -0.508 e. The molecule has 0 saturated heterocycles. The van der Waals surface area contributed by atoms with E-state index in [1.807, 2.05) is 66.7 Å². The maximum atomic E-state index is 9.37. The molecule has 0 aliphatic carbocycles. The van der Waals surface area contributed by atoms with Crippen molar-refractivity contribution < 1.29 is 5.11 Å². The Morgan fingerprint density at radius 1 is 0.938 bits per heavy atom. The van der Waals surface area contributed by atoms with E-state index in [2.05, 4.69) is 0 Å². The molecule has 0 spiro atoms. The van der Waals surface area contributed by atoms with Gasteiger partial charge in [-0.3, -0.25) is 0 Å². The average Bonchev–Trinajstić information content (AvgIpc) is 2.31. The van der Waals surface area contributed by atoms with Crippen molar-refractivity contribution in [3.05, 3.63) is 34.9 Å². The lowest BCUT2D eigenvalue weighted by Gasteiger charge is -2.04. The van der Waals surface area contributed by atoms with Gasteiger partial charge in [0.25, 0.3) is 0 Å². The van der Waals surface area contributed by atoms with Gasteiger partial charge in [0.2, 0.25) is 0 Å². The van der Waals surface area contributed by atoms with Crippen molar-refractivity contribution >= 4 is 6.08 Å². The third-order valence-corrected chi connectivity index (χ3v) is 1.93. The van der Waals surface area contributed by atoms with Crippen molar-refractivity contribution in [3.63, 3.8) is 0 Å². The van der Waals surface area contributed by atoms with E-state index in [0.29, 0.717) is 5.75 Å². The van der Waals surface area contributed by atoms with E-state index >= 15 is 0 Å². The van der Waals surface area contributed by atoms with Crippen molar-refractivity contribution in [2.45, 2.75) is 48.5 Å². The van der Waals surface area contributed by atoms with Crippen LogP contribution < -0.4 is 0 Å². The molecule has 0 aliphatic heterocycles. The molecule has 0 fully saturated rings. The van der Waals surface area contributed by atoms with E-state index in [-0.39, 0.29) is 0 Å². The molecule has 0 radical (unpaired) electrons. The zero-order chi connectivity index (χ0) is 13.1. The normalized spacial score (nSPS) is 8.94. The van der Waals surface area contributed by atoms with Crippen LogP contribution in [0.5, 0.6) is 5.75 Å². The topological polar surface area (TPSA) is 20.2 Å². The number of allylic oxidation sites excluding steroid dienone is 1. The second kappa shape index (κ2) is 10.3. The summed E-state index contributed by atoms with van der Waals surface area (Å²) in [6.45, 7) is 13.9. The van der Waals surface area contributed by atoms with Gasteiger partial charge in [-0.2, -0.15) is 0 Å². The molecule has 1 aromatic carbocycles. The summed E-state index contributed by atoms with van der Waals surface area (Å²) in [5, 5.41) is 9.37. The Kier molecular flexibility index (Phi) is 11.0. The van der Waals surface area contributed by atoms with Gasteiger partial charge in [0.1, 0.15) is 5.75 Å². The molecule has 1 nitrogen and oxygen atoms in total. The Morgan fingerprint density at radius 3 is 1.88 bits per heavy atom. The van der Waals surface area contributed by atoms with Crippen LogP contribution in [0, 0.1) is 13.8 Å². The van der Waals surface area contributed by atoms with Gasteiger partial charge in [-0.1, -0.05) is 39.8 Å². The lowest BCUT2D eigenvalue weighted by Crippen LogP contribution is -1.83. The summed E-state index contributed by atoms with van der Waals surface area (Å²) in [5.41, 5.74) is 3.21. The predicted octanol–water partition coefficient (Wildman–Crippen LogP) is 5.09. The lowest BCUT2D eigenvalue weighted by molar-refractivity contribution is 0.470. The number of rotatable bonds is 1. The molecular weight excluding hydrogens is 196 g/mol. The molecule has 92 valence electrons. The molecule has 1 heteroatoms. The van der Waals surface area contributed by atoms with Gasteiger partial charge in [0, 0.05) is 0 Å². The summed E-state index contributed by atoms with van der Waals surface area (Å²) in [6.07, 6.45) is 4.04. The van der Waals surface area contributed by atoms with Crippen LogP contribution in [0.2, 0.25) is 0 Å². The number of phenolic OH excluding ortho intramolecular Hbond substituents is 1. The fourth-order valence-corrected chi connectivity index (χ4v) is 1.18. The van der Waals surface area contributed by atoms with Crippen LogP contribution in [-0.4, -0.2) is 5.11 Å². The lowest BCUT2D eigenvalue weighted by atomic mass is 10.0. The molecule has 1 aromatic rings. The van der Waals surface area contributed by atoms with Crippen molar-refractivity contribution in [1.29, 1.82) is 0 Å². The molecule has 0 unspecified atom stereocenters. The Labute approximate surface area is 101 Å². The molecule has 1 rings (SSSR count). The molecule has 0 amide bonds. The highest BCUT2D eigenvalue weighted by molar-refractivity contribution is 5.57. The van der Waals surface area contributed by atoms with Crippen LogP contribution in [0.1, 0.15) is 51.3 Å². The minimum atomic E-state index is 0.376. The van der Waals surface area contributed by atoms with E-state index in [1.54, 1.807) is 6.07 Å². The molecule has 0 bridgehead atoms. The van der Waals surface area contributed by atoms with Crippen LogP contribution in [0.15, 0.2) is 18.2 Å². The van der Waals surface area contributed by atoms with Gasteiger partial charge in [0.05, 0.1) is 0 Å². The standard InChI is InChI=1S/C11H14O.2C2H6/c1-4-5-10-6-9(3)11(12)7-8(10)2;2*1-2/h4-7,12H,1-3H3;2*1-2H3/b5-4-;;. The molecule has 1 N–H and O–H groups in total. The summed E-state index contributed by atoms with van der Waals surface area (Å²) >= 11 is 0. The zero-order valence-corrected chi connectivity index (χ0v) is 11.8. The molecule has 0 heterocycles. The molecule has 16 heavy (non-hydrogen) atoms. The van der Waals surface area contributed by atoms with Crippen LogP contribution in [0.4, 0.5) is 0 Å². The second-order valence-electron chi connectivity index (χ2n) is 3.00. The highest BCUT2D eigenvalue weighted by Crippen LogP contribution is 2.21. The summed E-state index contributed by atoms with van der Waals surface area (Å²) in [5.74, 6) is 0.376. The summed E-state index contributed by atoms with van der Waals surface area (Å²) in [7, 11) is 0. The fraction of sp³-hybridized carbons (Fsp3) is 0.467. The summed E-state index contributed by atoms with van der Waals surface area (Å²) in [4.78, 5) is 0. The number of aryl methyl sites for hydroxylation is 2. The zero-order valence-electron chi connectivity index (χ0n) is 11.8. The van der Waals surface area contributed by atoms with Gasteiger partial charge >= 0.3 is 0 Å². The van der Waals surface area contributed by atoms with E-state index in [4.69, 9.17) is 0 Å². The second-order valence-corrected chi connectivity index (χ2v) is 3.00.